The fourth-order valence-electron chi connectivity index (χ4n) is 1.77. The van der Waals surface area contributed by atoms with Crippen molar-refractivity contribution in [1.82, 2.24) is 5.32 Å². The number of hydrogen-bond acceptors (Lipinski definition) is 3. The first-order valence-electron chi connectivity index (χ1n) is 5.09. The Hall–Kier alpha value is -1.56. The Kier molecular flexibility index (Phi) is 3.33. The largest absolute Gasteiger partial charge is 0.480 e. The van der Waals surface area contributed by atoms with Crippen LogP contribution in [0, 0.1) is 0 Å². The van der Waals surface area contributed by atoms with Crippen molar-refractivity contribution >= 4 is 33.5 Å². The lowest BCUT2D eigenvalue weighted by Gasteiger charge is -2.34. The molecule has 2 N–H and O–H groups in total. The number of carboxylic acids is 1. The van der Waals surface area contributed by atoms with Crippen molar-refractivity contribution in [2.45, 2.75) is 6.04 Å². The molecule has 1 aromatic carbocycles. The van der Waals surface area contributed by atoms with Gasteiger partial charge in [-0.1, -0.05) is 15.9 Å². The quantitative estimate of drug-likeness (QED) is 0.849. The third-order valence-corrected chi connectivity index (χ3v) is 3.15. The Labute approximate surface area is 107 Å². The van der Waals surface area contributed by atoms with Gasteiger partial charge >= 0.3 is 5.97 Å². The van der Waals surface area contributed by atoms with E-state index < -0.39 is 12.0 Å². The van der Waals surface area contributed by atoms with Gasteiger partial charge in [-0.25, -0.2) is 4.79 Å². The molecular formula is C11H11BrN2O3. The van der Waals surface area contributed by atoms with Crippen LogP contribution in [0.15, 0.2) is 28.7 Å². The molecule has 1 unspecified atom stereocenters. The van der Waals surface area contributed by atoms with Crippen LogP contribution in [0.2, 0.25) is 0 Å². The van der Waals surface area contributed by atoms with Crippen molar-refractivity contribution < 1.29 is 14.7 Å². The lowest BCUT2D eigenvalue weighted by molar-refractivity contribution is -0.139. The summed E-state index contributed by atoms with van der Waals surface area (Å²) in [5.41, 5.74) is 0.732. The molecule has 90 valence electrons. The number of hydrogen-bond donors (Lipinski definition) is 2. The van der Waals surface area contributed by atoms with Crippen molar-refractivity contribution in [3.63, 3.8) is 0 Å². The van der Waals surface area contributed by atoms with Gasteiger partial charge in [-0.3, -0.25) is 4.79 Å². The zero-order valence-corrected chi connectivity index (χ0v) is 10.5. The van der Waals surface area contributed by atoms with Gasteiger partial charge in [0.1, 0.15) is 6.04 Å². The second kappa shape index (κ2) is 4.75. The van der Waals surface area contributed by atoms with Crippen LogP contribution in [0.3, 0.4) is 0 Å². The summed E-state index contributed by atoms with van der Waals surface area (Å²) < 4.78 is 0.912. The van der Waals surface area contributed by atoms with E-state index in [9.17, 15) is 9.59 Å². The van der Waals surface area contributed by atoms with E-state index in [1.165, 1.54) is 0 Å². The first-order chi connectivity index (χ1) is 8.08. The molecule has 0 bridgehead atoms. The van der Waals surface area contributed by atoms with Crippen LogP contribution < -0.4 is 10.2 Å². The Morgan fingerprint density at radius 3 is 2.65 bits per heavy atom. The lowest BCUT2D eigenvalue weighted by Crippen LogP contribution is -2.57. The van der Waals surface area contributed by atoms with Crippen LogP contribution in [0.1, 0.15) is 0 Å². The fraction of sp³-hybridized carbons (Fsp3) is 0.273. The molecule has 0 saturated carbocycles. The zero-order chi connectivity index (χ0) is 12.4. The molecule has 5 nitrogen and oxygen atoms in total. The maximum absolute atomic E-state index is 11.3. The highest BCUT2D eigenvalue weighted by molar-refractivity contribution is 9.10. The van der Waals surface area contributed by atoms with Crippen molar-refractivity contribution in [3.8, 4) is 0 Å². The second-order valence-corrected chi connectivity index (χ2v) is 4.68. The highest BCUT2D eigenvalue weighted by Gasteiger charge is 2.31. The monoisotopic (exact) mass is 298 g/mol. The van der Waals surface area contributed by atoms with Crippen molar-refractivity contribution in [2.75, 3.05) is 18.0 Å². The molecule has 6 heteroatoms. The summed E-state index contributed by atoms with van der Waals surface area (Å²) in [5, 5.41) is 11.7. The average Bonchev–Trinajstić information content (AvgIpc) is 2.29. The highest BCUT2D eigenvalue weighted by Crippen LogP contribution is 2.21. The maximum Gasteiger partial charge on any atom is 0.328 e. The molecule has 1 aliphatic rings. The summed E-state index contributed by atoms with van der Waals surface area (Å²) in [6.07, 6.45) is 0. The van der Waals surface area contributed by atoms with Gasteiger partial charge in [0.25, 0.3) is 0 Å². The highest BCUT2D eigenvalue weighted by atomic mass is 79.9. The molecule has 0 spiro atoms. The van der Waals surface area contributed by atoms with E-state index in [0.717, 1.165) is 10.2 Å². The van der Waals surface area contributed by atoms with Gasteiger partial charge in [0.2, 0.25) is 5.91 Å². The number of piperazine rings is 1. The molecule has 17 heavy (non-hydrogen) atoms. The minimum Gasteiger partial charge on any atom is -0.480 e. The average molecular weight is 299 g/mol. The Balaban J connectivity index is 2.28. The number of aliphatic carboxylic acids is 1. The number of amides is 1. The molecule has 0 aromatic heterocycles. The molecule has 1 fully saturated rings. The number of carboxylic acid groups (broad SMARTS) is 1. The number of rotatable bonds is 2. The molecular weight excluding hydrogens is 288 g/mol. The SMILES string of the molecule is O=C1CN(c2ccc(Br)cc2)C(C(=O)O)CN1. The van der Waals surface area contributed by atoms with Crippen LogP contribution in [0.5, 0.6) is 0 Å². The van der Waals surface area contributed by atoms with Crippen LogP contribution in [-0.4, -0.2) is 36.1 Å². The molecule has 1 atom stereocenters. The Morgan fingerprint density at radius 2 is 2.06 bits per heavy atom. The number of nitrogens with one attached hydrogen (secondary N) is 1. The molecule has 1 amide bonds. The van der Waals surface area contributed by atoms with E-state index in [4.69, 9.17) is 5.11 Å². The minimum atomic E-state index is -0.937. The summed E-state index contributed by atoms with van der Waals surface area (Å²) in [6.45, 7) is 0.197. The van der Waals surface area contributed by atoms with Crippen LogP contribution in [0.4, 0.5) is 5.69 Å². The summed E-state index contributed by atoms with van der Waals surface area (Å²) >= 11 is 3.31. The first kappa shape index (κ1) is 11.9. The summed E-state index contributed by atoms with van der Waals surface area (Å²) in [4.78, 5) is 24.0. The molecule has 1 heterocycles. The summed E-state index contributed by atoms with van der Waals surface area (Å²) in [5.74, 6) is -1.10. The summed E-state index contributed by atoms with van der Waals surface area (Å²) in [7, 11) is 0. The van der Waals surface area contributed by atoms with E-state index in [2.05, 4.69) is 21.2 Å². The van der Waals surface area contributed by atoms with Crippen LogP contribution in [-0.2, 0) is 9.59 Å². The zero-order valence-electron chi connectivity index (χ0n) is 8.89. The predicted molar refractivity (Wildman–Crippen MR) is 65.9 cm³/mol. The minimum absolute atomic E-state index is 0.0681. The number of carbonyl (C=O) groups excluding carboxylic acids is 1. The van der Waals surface area contributed by atoms with Crippen molar-refractivity contribution in [1.29, 1.82) is 0 Å². The van der Waals surface area contributed by atoms with Gasteiger partial charge in [0, 0.05) is 16.7 Å². The normalized spacial score (nSPS) is 19.9. The van der Waals surface area contributed by atoms with E-state index in [0.29, 0.717) is 0 Å². The third-order valence-electron chi connectivity index (χ3n) is 2.63. The van der Waals surface area contributed by atoms with E-state index >= 15 is 0 Å². The molecule has 2 rings (SSSR count). The standard InChI is InChI=1S/C11H11BrN2O3/c12-7-1-3-8(4-2-7)14-6-10(15)13-5-9(14)11(16)17/h1-4,9H,5-6H2,(H,13,15)(H,16,17). The van der Waals surface area contributed by atoms with Gasteiger partial charge < -0.3 is 15.3 Å². The van der Waals surface area contributed by atoms with E-state index in [-0.39, 0.29) is 19.0 Å². The molecule has 1 aliphatic heterocycles. The number of benzene rings is 1. The molecule has 0 radical (unpaired) electrons. The number of nitrogens with zero attached hydrogens (tertiary/aromatic N) is 1. The summed E-state index contributed by atoms with van der Waals surface area (Å²) in [6, 6.07) is 6.51. The fourth-order valence-corrected chi connectivity index (χ4v) is 2.03. The van der Waals surface area contributed by atoms with Gasteiger partial charge in [-0.05, 0) is 24.3 Å². The third kappa shape index (κ3) is 2.58. The predicted octanol–water partition coefficient (Wildman–Crippen LogP) is 0.839. The first-order valence-corrected chi connectivity index (χ1v) is 5.89. The van der Waals surface area contributed by atoms with Gasteiger partial charge in [0.15, 0.2) is 0 Å². The smallest absolute Gasteiger partial charge is 0.328 e. The van der Waals surface area contributed by atoms with Crippen LogP contribution >= 0.6 is 15.9 Å². The number of anilines is 1. The Morgan fingerprint density at radius 1 is 1.41 bits per heavy atom. The van der Waals surface area contributed by atoms with Gasteiger partial charge in [-0.15, -0.1) is 0 Å². The van der Waals surface area contributed by atoms with Gasteiger partial charge in [-0.2, -0.15) is 0 Å². The van der Waals surface area contributed by atoms with E-state index in [1.54, 1.807) is 17.0 Å². The lowest BCUT2D eigenvalue weighted by atomic mass is 10.1. The van der Waals surface area contributed by atoms with E-state index in [1.807, 2.05) is 12.1 Å². The topological polar surface area (TPSA) is 69.6 Å². The molecule has 1 saturated heterocycles. The van der Waals surface area contributed by atoms with Crippen LogP contribution in [0.25, 0.3) is 0 Å². The number of carbonyl (C=O) groups is 2. The van der Waals surface area contributed by atoms with Gasteiger partial charge in [0.05, 0.1) is 6.54 Å². The maximum atomic E-state index is 11.3. The molecule has 0 aliphatic carbocycles. The second-order valence-electron chi connectivity index (χ2n) is 3.76. The van der Waals surface area contributed by atoms with Crippen molar-refractivity contribution in [2.24, 2.45) is 0 Å². The Bertz CT molecular complexity index is 447. The number of halogens is 1. The van der Waals surface area contributed by atoms with Crippen molar-refractivity contribution in [3.05, 3.63) is 28.7 Å². The molecule has 1 aromatic rings.